The van der Waals surface area contributed by atoms with E-state index in [4.69, 9.17) is 0 Å². The van der Waals surface area contributed by atoms with E-state index in [1.807, 2.05) is 6.07 Å². The molecular weight excluding hydrogens is 393 g/mol. The van der Waals surface area contributed by atoms with Crippen molar-refractivity contribution in [2.45, 2.75) is 30.0 Å². The van der Waals surface area contributed by atoms with E-state index in [0.29, 0.717) is 12.8 Å². The van der Waals surface area contributed by atoms with Crippen molar-refractivity contribution in [3.63, 3.8) is 0 Å². The zero-order valence-corrected chi connectivity index (χ0v) is 15.7. The van der Waals surface area contributed by atoms with Crippen molar-refractivity contribution in [1.82, 2.24) is 9.88 Å². The van der Waals surface area contributed by atoms with Gasteiger partial charge in [-0.1, -0.05) is 30.3 Å². The van der Waals surface area contributed by atoms with Crippen LogP contribution in [0.5, 0.6) is 0 Å². The van der Waals surface area contributed by atoms with Gasteiger partial charge in [0.1, 0.15) is 5.69 Å². The second-order valence-corrected chi connectivity index (χ2v) is 9.00. The summed E-state index contributed by atoms with van der Waals surface area (Å²) in [6.45, 7) is 0.469. The van der Waals surface area contributed by atoms with Crippen LogP contribution in [0.15, 0.2) is 48.7 Å². The van der Waals surface area contributed by atoms with Gasteiger partial charge in [-0.05, 0) is 30.5 Å². The highest BCUT2D eigenvalue weighted by Gasteiger charge is 2.34. The van der Waals surface area contributed by atoms with Gasteiger partial charge in [0.2, 0.25) is 0 Å². The van der Waals surface area contributed by atoms with Gasteiger partial charge in [0.15, 0.2) is 9.84 Å². The van der Waals surface area contributed by atoms with E-state index in [-0.39, 0.29) is 24.4 Å². The van der Waals surface area contributed by atoms with E-state index in [2.05, 4.69) is 4.98 Å². The number of sulfone groups is 1. The number of benzene rings is 1. The molecular formula is C19H19F3N2O3S. The molecule has 0 atom stereocenters. The number of piperidine rings is 1. The Morgan fingerprint density at radius 3 is 2.25 bits per heavy atom. The highest BCUT2D eigenvalue weighted by molar-refractivity contribution is 7.91. The molecule has 1 aromatic carbocycles. The van der Waals surface area contributed by atoms with Gasteiger partial charge < -0.3 is 4.90 Å². The molecule has 1 fully saturated rings. The van der Waals surface area contributed by atoms with Gasteiger partial charge in [-0.2, -0.15) is 13.2 Å². The van der Waals surface area contributed by atoms with Crippen LogP contribution in [0.3, 0.4) is 0 Å². The fraction of sp³-hybridized carbons (Fsp3) is 0.368. The van der Waals surface area contributed by atoms with E-state index < -0.39 is 32.9 Å². The highest BCUT2D eigenvalue weighted by atomic mass is 32.2. The van der Waals surface area contributed by atoms with Gasteiger partial charge in [0.05, 0.1) is 16.6 Å². The normalized spacial score (nSPS) is 16.2. The van der Waals surface area contributed by atoms with Crippen LogP contribution in [-0.2, 0) is 21.8 Å². The fourth-order valence-electron chi connectivity index (χ4n) is 3.21. The summed E-state index contributed by atoms with van der Waals surface area (Å²) in [5.74, 6) is -0.491. The number of carbonyl (C=O) groups excluding carboxylic acids is 1. The first-order valence-electron chi connectivity index (χ1n) is 8.75. The Bertz CT molecular complexity index is 921. The summed E-state index contributed by atoms with van der Waals surface area (Å²) < 4.78 is 62.9. The molecule has 5 nitrogen and oxygen atoms in total. The summed E-state index contributed by atoms with van der Waals surface area (Å²) in [5.41, 5.74) is -0.287. The second kappa shape index (κ2) is 7.90. The standard InChI is InChI=1S/C19H19F3N2O3S/c20-19(21,22)17-7-6-15(12-23-17)18(25)24-10-8-16(9-11-24)28(26,27)13-14-4-2-1-3-5-14/h1-7,12,16H,8-11,13H2. The summed E-state index contributed by atoms with van der Waals surface area (Å²) in [7, 11) is -3.35. The van der Waals surface area contributed by atoms with Gasteiger partial charge in [0.25, 0.3) is 5.91 Å². The number of hydrogen-bond acceptors (Lipinski definition) is 4. The number of carbonyl (C=O) groups is 1. The molecule has 0 radical (unpaired) electrons. The lowest BCUT2D eigenvalue weighted by molar-refractivity contribution is -0.141. The van der Waals surface area contributed by atoms with Crippen molar-refractivity contribution in [3.8, 4) is 0 Å². The lowest BCUT2D eigenvalue weighted by Gasteiger charge is -2.31. The number of rotatable bonds is 4. The third-order valence-electron chi connectivity index (χ3n) is 4.75. The van der Waals surface area contributed by atoms with Crippen molar-refractivity contribution in [2.24, 2.45) is 0 Å². The third kappa shape index (κ3) is 4.70. The molecule has 0 bridgehead atoms. The molecule has 2 aromatic rings. The van der Waals surface area contributed by atoms with E-state index in [1.165, 1.54) is 4.90 Å². The first kappa shape index (κ1) is 20.3. The number of aromatic nitrogens is 1. The minimum atomic E-state index is -4.56. The maximum Gasteiger partial charge on any atom is 0.433 e. The molecule has 0 saturated carbocycles. The van der Waals surface area contributed by atoms with E-state index in [0.717, 1.165) is 23.9 Å². The molecule has 0 N–H and O–H groups in total. The zero-order chi connectivity index (χ0) is 20.4. The van der Waals surface area contributed by atoms with E-state index >= 15 is 0 Å². The van der Waals surface area contributed by atoms with Gasteiger partial charge >= 0.3 is 6.18 Å². The van der Waals surface area contributed by atoms with Crippen molar-refractivity contribution < 1.29 is 26.4 Å². The molecule has 1 amide bonds. The second-order valence-electron chi connectivity index (χ2n) is 6.71. The van der Waals surface area contributed by atoms with Crippen LogP contribution in [0.4, 0.5) is 13.2 Å². The zero-order valence-electron chi connectivity index (χ0n) is 14.9. The summed E-state index contributed by atoms with van der Waals surface area (Å²) in [6.07, 6.45) is -3.06. The molecule has 1 aromatic heterocycles. The average molecular weight is 412 g/mol. The van der Waals surface area contributed by atoms with Crippen LogP contribution in [0, 0.1) is 0 Å². The summed E-state index contributed by atoms with van der Waals surface area (Å²) in [6, 6.07) is 10.8. The molecule has 28 heavy (non-hydrogen) atoms. The lowest BCUT2D eigenvalue weighted by atomic mass is 10.1. The Morgan fingerprint density at radius 2 is 1.71 bits per heavy atom. The SMILES string of the molecule is O=C(c1ccc(C(F)(F)F)nc1)N1CCC(S(=O)(=O)Cc2ccccc2)CC1. The Hall–Kier alpha value is -2.42. The predicted octanol–water partition coefficient (Wildman–Crippen LogP) is 3.32. The molecule has 2 heterocycles. The molecule has 0 spiro atoms. The molecule has 9 heteroatoms. The lowest BCUT2D eigenvalue weighted by Crippen LogP contribution is -2.42. The summed E-state index contributed by atoms with van der Waals surface area (Å²) in [4.78, 5) is 17.2. The third-order valence-corrected chi connectivity index (χ3v) is 6.97. The Morgan fingerprint density at radius 1 is 1.07 bits per heavy atom. The predicted molar refractivity (Wildman–Crippen MR) is 97.2 cm³/mol. The van der Waals surface area contributed by atoms with Gasteiger partial charge in [0, 0.05) is 19.3 Å². The van der Waals surface area contributed by atoms with Gasteiger partial charge in [-0.15, -0.1) is 0 Å². The number of likely N-dealkylation sites (tertiary alicyclic amines) is 1. The van der Waals surface area contributed by atoms with Crippen molar-refractivity contribution in [1.29, 1.82) is 0 Å². The van der Waals surface area contributed by atoms with Gasteiger partial charge in [-0.3, -0.25) is 9.78 Å². The maximum absolute atomic E-state index is 12.6. The van der Waals surface area contributed by atoms with Crippen LogP contribution < -0.4 is 0 Å². The molecule has 0 aliphatic carbocycles. The minimum Gasteiger partial charge on any atom is -0.339 e. The highest BCUT2D eigenvalue weighted by Crippen LogP contribution is 2.28. The molecule has 0 unspecified atom stereocenters. The first-order valence-corrected chi connectivity index (χ1v) is 10.5. The van der Waals surface area contributed by atoms with Crippen LogP contribution >= 0.6 is 0 Å². The van der Waals surface area contributed by atoms with Crippen LogP contribution in [0.25, 0.3) is 0 Å². The number of nitrogens with zero attached hydrogens (tertiary/aromatic N) is 2. The topological polar surface area (TPSA) is 67.3 Å². The van der Waals surface area contributed by atoms with Crippen molar-refractivity contribution in [3.05, 3.63) is 65.5 Å². The first-order chi connectivity index (χ1) is 13.2. The fourth-order valence-corrected chi connectivity index (χ4v) is 5.03. The van der Waals surface area contributed by atoms with Crippen molar-refractivity contribution >= 4 is 15.7 Å². The Balaban J connectivity index is 1.61. The van der Waals surface area contributed by atoms with Crippen LogP contribution in [0.2, 0.25) is 0 Å². The smallest absolute Gasteiger partial charge is 0.339 e. The average Bonchev–Trinajstić information content (AvgIpc) is 2.67. The maximum atomic E-state index is 12.6. The molecule has 1 saturated heterocycles. The summed E-state index contributed by atoms with van der Waals surface area (Å²) >= 11 is 0. The monoisotopic (exact) mass is 412 g/mol. The number of alkyl halides is 3. The van der Waals surface area contributed by atoms with E-state index in [9.17, 15) is 26.4 Å². The molecule has 3 rings (SSSR count). The quantitative estimate of drug-likeness (QED) is 0.773. The van der Waals surface area contributed by atoms with Crippen molar-refractivity contribution in [2.75, 3.05) is 13.1 Å². The number of pyridine rings is 1. The minimum absolute atomic E-state index is 0.0464. The molecule has 1 aliphatic rings. The molecule has 150 valence electrons. The number of hydrogen-bond donors (Lipinski definition) is 0. The van der Waals surface area contributed by atoms with Gasteiger partial charge in [-0.25, -0.2) is 8.42 Å². The Kier molecular flexibility index (Phi) is 5.74. The van der Waals surface area contributed by atoms with E-state index in [1.54, 1.807) is 24.3 Å². The van der Waals surface area contributed by atoms with Crippen LogP contribution in [-0.4, -0.2) is 42.5 Å². The van der Waals surface area contributed by atoms with Crippen LogP contribution in [0.1, 0.15) is 34.5 Å². The number of halogens is 3. The Labute approximate surface area is 161 Å². The molecule has 1 aliphatic heterocycles. The number of amides is 1. The largest absolute Gasteiger partial charge is 0.433 e. The summed E-state index contributed by atoms with van der Waals surface area (Å²) in [5, 5.41) is -0.539.